The number of aromatic nitrogens is 5. The number of halogens is 3. The smallest absolute Gasteiger partial charge is 0.286 e. The molecule has 3 aromatic heterocycles. The maximum absolute atomic E-state index is 14.7. The Morgan fingerprint density at radius 2 is 1.97 bits per heavy atom. The highest BCUT2D eigenvalue weighted by atomic mass is 35.5. The standard InChI is InChI=1S/C21H16Cl2FN7O3/c22-13-7-15-20(33)26-8-11(31(15)17(13)23)5-10-1-2-14(24)12(6-10)21(34)29-3-4-30-16(9-29)27-28-19(30)18(25)32/h1-2,6-8H,3-5,9H2,(H2,25,32)(H,26,33). The fourth-order valence-electron chi connectivity index (χ4n) is 4.06. The molecule has 0 fully saturated rings. The lowest BCUT2D eigenvalue weighted by atomic mass is 10.0. The van der Waals surface area contributed by atoms with Gasteiger partial charge < -0.3 is 20.2 Å². The molecular weight excluding hydrogens is 488 g/mol. The van der Waals surface area contributed by atoms with Crippen LogP contribution in [-0.2, 0) is 19.5 Å². The minimum atomic E-state index is -0.710. The molecule has 0 saturated carbocycles. The van der Waals surface area contributed by atoms with Crippen LogP contribution in [0.2, 0.25) is 10.2 Å². The Bertz CT molecular complexity index is 1540. The van der Waals surface area contributed by atoms with E-state index in [4.69, 9.17) is 28.9 Å². The predicted molar refractivity (Wildman–Crippen MR) is 121 cm³/mol. The molecule has 34 heavy (non-hydrogen) atoms. The van der Waals surface area contributed by atoms with E-state index in [9.17, 15) is 18.8 Å². The average molecular weight is 504 g/mol. The molecule has 4 aromatic rings. The second-order valence-electron chi connectivity index (χ2n) is 7.79. The molecule has 0 unspecified atom stereocenters. The van der Waals surface area contributed by atoms with Gasteiger partial charge in [-0.15, -0.1) is 10.2 Å². The second kappa shape index (κ2) is 8.26. The number of amides is 2. The van der Waals surface area contributed by atoms with Gasteiger partial charge in [0.05, 0.1) is 17.1 Å². The quantitative estimate of drug-likeness (QED) is 0.439. The van der Waals surface area contributed by atoms with Gasteiger partial charge in [-0.25, -0.2) is 4.39 Å². The summed E-state index contributed by atoms with van der Waals surface area (Å²) in [7, 11) is 0. The molecule has 3 N–H and O–H groups in total. The highest BCUT2D eigenvalue weighted by molar-refractivity contribution is 6.42. The van der Waals surface area contributed by atoms with E-state index in [1.165, 1.54) is 33.7 Å². The summed E-state index contributed by atoms with van der Waals surface area (Å²) < 4.78 is 17.7. The van der Waals surface area contributed by atoms with Gasteiger partial charge >= 0.3 is 0 Å². The van der Waals surface area contributed by atoms with E-state index in [1.54, 1.807) is 10.6 Å². The van der Waals surface area contributed by atoms with Gasteiger partial charge in [0.1, 0.15) is 16.5 Å². The van der Waals surface area contributed by atoms with Crippen molar-refractivity contribution in [1.29, 1.82) is 0 Å². The monoisotopic (exact) mass is 503 g/mol. The molecule has 1 aliphatic heterocycles. The fourth-order valence-corrected chi connectivity index (χ4v) is 4.50. The Kier molecular flexibility index (Phi) is 5.37. The van der Waals surface area contributed by atoms with E-state index in [-0.39, 0.29) is 58.7 Å². The van der Waals surface area contributed by atoms with Crippen molar-refractivity contribution >= 4 is 40.5 Å². The van der Waals surface area contributed by atoms with Gasteiger partial charge in [0, 0.05) is 31.4 Å². The molecule has 10 nitrogen and oxygen atoms in total. The normalized spacial score (nSPS) is 13.3. The largest absolute Gasteiger partial charge is 0.363 e. The van der Waals surface area contributed by atoms with Gasteiger partial charge in [0.2, 0.25) is 5.82 Å². The zero-order chi connectivity index (χ0) is 24.1. The zero-order valence-corrected chi connectivity index (χ0v) is 18.9. The van der Waals surface area contributed by atoms with Crippen molar-refractivity contribution in [2.24, 2.45) is 5.73 Å². The van der Waals surface area contributed by atoms with Gasteiger partial charge in [-0.3, -0.25) is 18.8 Å². The van der Waals surface area contributed by atoms with Gasteiger partial charge in [0.15, 0.2) is 5.82 Å². The maximum atomic E-state index is 14.7. The van der Waals surface area contributed by atoms with Crippen LogP contribution in [0.4, 0.5) is 4.39 Å². The molecule has 0 spiro atoms. The molecule has 2 amide bonds. The summed E-state index contributed by atoms with van der Waals surface area (Å²) in [5.41, 5.74) is 6.32. The van der Waals surface area contributed by atoms with Crippen molar-refractivity contribution in [3.63, 3.8) is 0 Å². The highest BCUT2D eigenvalue weighted by Gasteiger charge is 2.28. The lowest BCUT2D eigenvalue weighted by Crippen LogP contribution is -2.39. The molecule has 4 heterocycles. The van der Waals surface area contributed by atoms with Crippen LogP contribution in [0.1, 0.15) is 38.1 Å². The van der Waals surface area contributed by atoms with Crippen LogP contribution in [-0.4, -0.2) is 47.4 Å². The van der Waals surface area contributed by atoms with Crippen molar-refractivity contribution in [3.05, 3.63) is 85.3 Å². The number of rotatable bonds is 4. The molecule has 13 heteroatoms. The Morgan fingerprint density at radius 3 is 2.74 bits per heavy atom. The molecule has 0 radical (unpaired) electrons. The van der Waals surface area contributed by atoms with Crippen LogP contribution in [0.3, 0.4) is 0 Å². The Morgan fingerprint density at radius 1 is 1.18 bits per heavy atom. The van der Waals surface area contributed by atoms with Crippen LogP contribution in [0.15, 0.2) is 35.3 Å². The first kappa shape index (κ1) is 22.1. The van der Waals surface area contributed by atoms with E-state index in [2.05, 4.69) is 15.2 Å². The number of primary amides is 1. The fraction of sp³-hybridized carbons (Fsp3) is 0.190. The summed E-state index contributed by atoms with van der Waals surface area (Å²) in [6, 6.07) is 5.69. The number of nitrogens with two attached hydrogens (primary N) is 1. The van der Waals surface area contributed by atoms with Crippen LogP contribution in [0, 0.1) is 5.82 Å². The number of fused-ring (bicyclic) bond motifs is 2. The third-order valence-electron chi connectivity index (χ3n) is 5.69. The number of hydrogen-bond acceptors (Lipinski definition) is 5. The minimum absolute atomic E-state index is 0.0197. The van der Waals surface area contributed by atoms with E-state index in [0.29, 0.717) is 17.1 Å². The Balaban J connectivity index is 1.44. The van der Waals surface area contributed by atoms with Gasteiger partial charge in [-0.1, -0.05) is 29.3 Å². The molecule has 0 aliphatic carbocycles. The molecule has 0 saturated heterocycles. The lowest BCUT2D eigenvalue weighted by Gasteiger charge is -2.28. The number of nitrogens with one attached hydrogen (secondary N) is 1. The Labute approximate surface area is 200 Å². The van der Waals surface area contributed by atoms with E-state index in [1.807, 2.05) is 0 Å². The molecule has 0 atom stereocenters. The van der Waals surface area contributed by atoms with Gasteiger partial charge in [0.25, 0.3) is 17.4 Å². The van der Waals surface area contributed by atoms with Crippen LogP contribution in [0.25, 0.3) is 5.52 Å². The van der Waals surface area contributed by atoms with E-state index < -0.39 is 17.6 Å². The average Bonchev–Trinajstić information content (AvgIpc) is 3.38. The number of hydrogen-bond donors (Lipinski definition) is 2. The number of carbonyl (C=O) groups is 2. The van der Waals surface area contributed by atoms with Crippen LogP contribution < -0.4 is 11.3 Å². The number of aromatic amines is 1. The molecule has 0 bridgehead atoms. The summed E-state index contributed by atoms with van der Waals surface area (Å²) >= 11 is 12.4. The third kappa shape index (κ3) is 3.62. The molecular formula is C21H16Cl2FN7O3. The minimum Gasteiger partial charge on any atom is -0.363 e. The van der Waals surface area contributed by atoms with Crippen molar-refractivity contribution in [2.75, 3.05) is 6.54 Å². The number of carbonyl (C=O) groups excluding carboxylic acids is 2. The Hall–Kier alpha value is -3.70. The van der Waals surface area contributed by atoms with Crippen LogP contribution >= 0.6 is 23.2 Å². The first-order chi connectivity index (χ1) is 16.2. The van der Waals surface area contributed by atoms with Crippen molar-refractivity contribution in [2.45, 2.75) is 19.5 Å². The number of H-pyrrole nitrogens is 1. The number of nitrogens with zero attached hydrogens (tertiary/aromatic N) is 5. The zero-order valence-electron chi connectivity index (χ0n) is 17.4. The first-order valence-corrected chi connectivity index (χ1v) is 10.9. The SMILES string of the molecule is NC(=O)c1nnc2n1CCN(C(=O)c1cc(Cc3c[nH]c(=O)c4cc(Cl)c(Cl)n34)ccc1F)C2. The molecule has 1 aromatic carbocycles. The first-order valence-electron chi connectivity index (χ1n) is 10.1. The maximum Gasteiger partial charge on any atom is 0.286 e. The van der Waals surface area contributed by atoms with Crippen molar-refractivity contribution in [3.8, 4) is 0 Å². The predicted octanol–water partition coefficient (Wildman–Crippen LogP) is 2.01. The summed E-state index contributed by atoms with van der Waals surface area (Å²) in [5.74, 6) is -1.50. The highest BCUT2D eigenvalue weighted by Crippen LogP contribution is 2.27. The van der Waals surface area contributed by atoms with Crippen LogP contribution in [0.5, 0.6) is 0 Å². The molecule has 1 aliphatic rings. The summed E-state index contributed by atoms with van der Waals surface area (Å²) in [4.78, 5) is 40.8. The lowest BCUT2D eigenvalue weighted by molar-refractivity contribution is 0.0701. The van der Waals surface area contributed by atoms with E-state index >= 15 is 0 Å². The molecule has 174 valence electrons. The van der Waals surface area contributed by atoms with E-state index in [0.717, 1.165) is 0 Å². The topological polar surface area (TPSA) is 131 Å². The molecule has 5 rings (SSSR count). The van der Waals surface area contributed by atoms with Crippen molar-refractivity contribution < 1.29 is 14.0 Å². The van der Waals surface area contributed by atoms with Crippen molar-refractivity contribution in [1.82, 2.24) is 29.0 Å². The summed E-state index contributed by atoms with van der Waals surface area (Å²) in [6.45, 7) is 0.544. The van der Waals surface area contributed by atoms with Gasteiger partial charge in [-0.2, -0.15) is 0 Å². The third-order valence-corrected chi connectivity index (χ3v) is 6.45. The van der Waals surface area contributed by atoms with Gasteiger partial charge in [-0.05, 0) is 23.8 Å². The number of benzene rings is 1. The summed E-state index contributed by atoms with van der Waals surface area (Å²) in [5, 5.41) is 8.09. The second-order valence-corrected chi connectivity index (χ2v) is 8.55. The summed E-state index contributed by atoms with van der Waals surface area (Å²) in [6.07, 6.45) is 1.74.